The molecular formula is C13H22N2O3S. The van der Waals surface area contributed by atoms with Crippen LogP contribution in [-0.2, 0) is 16.4 Å². The molecule has 1 saturated heterocycles. The van der Waals surface area contributed by atoms with Crippen molar-refractivity contribution < 1.29 is 12.9 Å². The van der Waals surface area contributed by atoms with Crippen LogP contribution < -0.4 is 0 Å². The first-order valence-electron chi connectivity index (χ1n) is 6.67. The topological polar surface area (TPSA) is 63.4 Å². The van der Waals surface area contributed by atoms with Crippen LogP contribution in [0.25, 0.3) is 0 Å². The molecular weight excluding hydrogens is 264 g/mol. The molecule has 108 valence electrons. The normalized spacial score (nSPS) is 21.7. The van der Waals surface area contributed by atoms with Crippen LogP contribution in [0, 0.1) is 19.8 Å². The predicted molar refractivity (Wildman–Crippen MR) is 73.7 cm³/mol. The number of hydrogen-bond acceptors (Lipinski definition) is 5. The van der Waals surface area contributed by atoms with Gasteiger partial charge in [-0.1, -0.05) is 5.16 Å². The standard InChI is InChI=1S/C13H22N2O3S/c1-10-13(11(2)18-14-10)8-15-6-4-5-12(7-15)9-19(3,16)17/h12H,4-9H2,1-3H3. The zero-order valence-electron chi connectivity index (χ0n) is 11.8. The van der Waals surface area contributed by atoms with Gasteiger partial charge in [0.25, 0.3) is 0 Å². The summed E-state index contributed by atoms with van der Waals surface area (Å²) in [6.07, 6.45) is 3.38. The van der Waals surface area contributed by atoms with Gasteiger partial charge >= 0.3 is 0 Å². The maximum Gasteiger partial charge on any atom is 0.147 e. The van der Waals surface area contributed by atoms with E-state index in [9.17, 15) is 8.42 Å². The van der Waals surface area contributed by atoms with Gasteiger partial charge in [-0.15, -0.1) is 0 Å². The van der Waals surface area contributed by atoms with E-state index >= 15 is 0 Å². The maximum atomic E-state index is 11.4. The summed E-state index contributed by atoms with van der Waals surface area (Å²) in [7, 11) is -2.88. The van der Waals surface area contributed by atoms with Crippen molar-refractivity contribution in [3.63, 3.8) is 0 Å². The number of aryl methyl sites for hydroxylation is 2. The van der Waals surface area contributed by atoms with Crippen molar-refractivity contribution in [2.24, 2.45) is 5.92 Å². The summed E-state index contributed by atoms with van der Waals surface area (Å²) in [6.45, 7) is 6.54. The van der Waals surface area contributed by atoms with E-state index in [0.29, 0.717) is 5.75 Å². The first-order valence-corrected chi connectivity index (χ1v) is 8.73. The number of piperidine rings is 1. The molecule has 0 amide bonds. The Kier molecular flexibility index (Phi) is 4.30. The number of aromatic nitrogens is 1. The fraction of sp³-hybridized carbons (Fsp3) is 0.769. The number of rotatable bonds is 4. The van der Waals surface area contributed by atoms with Crippen molar-refractivity contribution in [2.75, 3.05) is 25.1 Å². The molecule has 0 spiro atoms. The molecule has 1 aromatic heterocycles. The lowest BCUT2D eigenvalue weighted by atomic mass is 9.99. The number of hydrogen-bond donors (Lipinski definition) is 0. The lowest BCUT2D eigenvalue weighted by molar-refractivity contribution is 0.177. The van der Waals surface area contributed by atoms with Crippen LogP contribution in [0.5, 0.6) is 0 Å². The molecule has 1 unspecified atom stereocenters. The molecule has 0 saturated carbocycles. The first kappa shape index (κ1) is 14.5. The van der Waals surface area contributed by atoms with Crippen LogP contribution in [0.2, 0.25) is 0 Å². The molecule has 2 heterocycles. The summed E-state index contributed by atoms with van der Waals surface area (Å²) >= 11 is 0. The Bertz CT molecular complexity index is 517. The van der Waals surface area contributed by atoms with Gasteiger partial charge in [0, 0.05) is 24.9 Å². The Labute approximate surface area is 114 Å². The first-order chi connectivity index (χ1) is 8.85. The summed E-state index contributed by atoms with van der Waals surface area (Å²) in [5.74, 6) is 1.41. The van der Waals surface area contributed by atoms with Gasteiger partial charge in [-0.05, 0) is 39.2 Å². The third-order valence-corrected chi connectivity index (χ3v) is 4.78. The Morgan fingerprint density at radius 1 is 1.42 bits per heavy atom. The number of sulfone groups is 1. The van der Waals surface area contributed by atoms with E-state index in [1.54, 1.807) is 0 Å². The molecule has 0 radical (unpaired) electrons. The summed E-state index contributed by atoms with van der Waals surface area (Å²) in [5, 5.41) is 3.96. The summed E-state index contributed by atoms with van der Waals surface area (Å²) in [4.78, 5) is 2.31. The second-order valence-corrected chi connectivity index (χ2v) is 7.82. The second-order valence-electron chi connectivity index (χ2n) is 5.64. The van der Waals surface area contributed by atoms with Crippen molar-refractivity contribution in [3.8, 4) is 0 Å². The minimum absolute atomic E-state index is 0.254. The van der Waals surface area contributed by atoms with Crippen LogP contribution in [0.15, 0.2) is 4.52 Å². The molecule has 19 heavy (non-hydrogen) atoms. The van der Waals surface area contributed by atoms with Crippen LogP contribution >= 0.6 is 0 Å². The smallest absolute Gasteiger partial charge is 0.147 e. The Hall–Kier alpha value is -0.880. The van der Waals surface area contributed by atoms with E-state index in [1.165, 1.54) is 6.26 Å². The Morgan fingerprint density at radius 3 is 2.74 bits per heavy atom. The third-order valence-electron chi connectivity index (χ3n) is 3.70. The highest BCUT2D eigenvalue weighted by atomic mass is 32.2. The van der Waals surface area contributed by atoms with Gasteiger partial charge in [-0.3, -0.25) is 4.90 Å². The molecule has 5 nitrogen and oxygen atoms in total. The largest absolute Gasteiger partial charge is 0.361 e. The Balaban J connectivity index is 1.98. The van der Waals surface area contributed by atoms with Crippen LogP contribution in [0.1, 0.15) is 29.9 Å². The average molecular weight is 286 g/mol. The minimum Gasteiger partial charge on any atom is -0.361 e. The highest BCUT2D eigenvalue weighted by Crippen LogP contribution is 2.22. The van der Waals surface area contributed by atoms with Gasteiger partial charge < -0.3 is 4.52 Å². The van der Waals surface area contributed by atoms with Crippen molar-refractivity contribution in [3.05, 3.63) is 17.0 Å². The molecule has 0 aliphatic carbocycles. The van der Waals surface area contributed by atoms with Gasteiger partial charge in [-0.25, -0.2) is 8.42 Å². The van der Waals surface area contributed by atoms with E-state index in [-0.39, 0.29) is 5.92 Å². The van der Waals surface area contributed by atoms with Gasteiger partial charge in [0.15, 0.2) is 0 Å². The van der Waals surface area contributed by atoms with Gasteiger partial charge in [0.05, 0.1) is 11.4 Å². The molecule has 1 atom stereocenters. The lowest BCUT2D eigenvalue weighted by Gasteiger charge is -2.32. The fourth-order valence-corrected chi connectivity index (χ4v) is 3.94. The molecule has 2 rings (SSSR count). The van der Waals surface area contributed by atoms with Crippen molar-refractivity contribution in [2.45, 2.75) is 33.2 Å². The average Bonchev–Trinajstić information content (AvgIpc) is 2.59. The summed E-state index contributed by atoms with van der Waals surface area (Å²) in [5.41, 5.74) is 2.07. The maximum absolute atomic E-state index is 11.4. The lowest BCUT2D eigenvalue weighted by Crippen LogP contribution is -2.37. The molecule has 6 heteroatoms. The van der Waals surface area contributed by atoms with Crippen LogP contribution in [0.4, 0.5) is 0 Å². The third kappa shape index (κ3) is 4.04. The molecule has 1 aliphatic heterocycles. The van der Waals surface area contributed by atoms with Crippen molar-refractivity contribution in [1.29, 1.82) is 0 Å². The summed E-state index contributed by atoms with van der Waals surface area (Å²) < 4.78 is 27.9. The minimum atomic E-state index is -2.88. The monoisotopic (exact) mass is 286 g/mol. The quantitative estimate of drug-likeness (QED) is 0.840. The van der Waals surface area contributed by atoms with Gasteiger partial charge in [0.2, 0.25) is 0 Å². The van der Waals surface area contributed by atoms with E-state index in [2.05, 4.69) is 10.1 Å². The predicted octanol–water partition coefficient (Wildman–Crippen LogP) is 1.55. The zero-order valence-corrected chi connectivity index (χ0v) is 12.7. The highest BCUT2D eigenvalue weighted by Gasteiger charge is 2.24. The fourth-order valence-electron chi connectivity index (χ4n) is 2.81. The molecule has 1 aliphatic rings. The number of nitrogens with zero attached hydrogens (tertiary/aromatic N) is 2. The second kappa shape index (κ2) is 5.63. The number of likely N-dealkylation sites (tertiary alicyclic amines) is 1. The summed E-state index contributed by atoms with van der Waals surface area (Å²) in [6, 6.07) is 0. The van der Waals surface area contributed by atoms with Crippen LogP contribution in [0.3, 0.4) is 0 Å². The SMILES string of the molecule is Cc1noc(C)c1CN1CCCC(CS(C)(=O)=O)C1. The molecule has 0 aromatic carbocycles. The van der Waals surface area contributed by atoms with E-state index in [1.807, 2.05) is 13.8 Å². The molecule has 1 fully saturated rings. The van der Waals surface area contributed by atoms with Crippen molar-refractivity contribution >= 4 is 9.84 Å². The van der Waals surface area contributed by atoms with Crippen molar-refractivity contribution in [1.82, 2.24) is 10.1 Å². The van der Waals surface area contributed by atoms with E-state index < -0.39 is 9.84 Å². The van der Waals surface area contributed by atoms with E-state index in [4.69, 9.17) is 4.52 Å². The zero-order chi connectivity index (χ0) is 14.0. The van der Waals surface area contributed by atoms with E-state index in [0.717, 1.165) is 49.5 Å². The highest BCUT2D eigenvalue weighted by molar-refractivity contribution is 7.90. The molecule has 0 N–H and O–H groups in total. The Morgan fingerprint density at radius 2 is 2.16 bits per heavy atom. The van der Waals surface area contributed by atoms with Gasteiger partial charge in [0.1, 0.15) is 15.6 Å². The molecule has 1 aromatic rings. The van der Waals surface area contributed by atoms with Crippen LogP contribution in [-0.4, -0.2) is 43.6 Å². The molecule has 0 bridgehead atoms. The van der Waals surface area contributed by atoms with Gasteiger partial charge in [-0.2, -0.15) is 0 Å².